The molecule has 14 heteroatoms. The fraction of sp³-hybridized carbons (Fsp3) is 1.00. The molecular formula is C38H70F13P. The van der Waals surface area contributed by atoms with Crippen LogP contribution in [0.3, 0.4) is 0 Å². The summed E-state index contributed by atoms with van der Waals surface area (Å²) in [5.41, 5.74) is 0. The molecule has 0 bridgehead atoms. The first-order valence-electron chi connectivity index (χ1n) is 20.0. The summed E-state index contributed by atoms with van der Waals surface area (Å²) >= 11 is 0. The van der Waals surface area contributed by atoms with Gasteiger partial charge in [0.2, 0.25) is 0 Å². The van der Waals surface area contributed by atoms with E-state index in [4.69, 9.17) is 0 Å². The van der Waals surface area contributed by atoms with Gasteiger partial charge in [-0.25, -0.2) is 8.78 Å². The van der Waals surface area contributed by atoms with Crippen molar-refractivity contribution in [1.82, 2.24) is 0 Å². The van der Waals surface area contributed by atoms with E-state index in [2.05, 4.69) is 27.7 Å². The first-order valence-corrected chi connectivity index (χ1v) is 22.9. The first kappa shape index (κ1) is 53.6. The molecule has 0 aliphatic rings. The van der Waals surface area contributed by atoms with Gasteiger partial charge in [-0.2, -0.15) is 48.3 Å². The quantitative estimate of drug-likeness (QED) is 0.0361. The van der Waals surface area contributed by atoms with Gasteiger partial charge < -0.3 is 0 Å². The van der Waals surface area contributed by atoms with Crippen LogP contribution in [0.1, 0.15) is 182 Å². The van der Waals surface area contributed by atoms with E-state index < -0.39 is 43.6 Å². The Morgan fingerprint density at radius 3 is 0.788 bits per heavy atom. The van der Waals surface area contributed by atoms with Gasteiger partial charge in [0.05, 0.1) is 0 Å². The molecule has 0 spiro atoms. The van der Waals surface area contributed by atoms with Gasteiger partial charge in [0.15, 0.2) is 0 Å². The second kappa shape index (κ2) is 28.0. The van der Waals surface area contributed by atoms with Gasteiger partial charge in [-0.1, -0.05) is 13.3 Å². The van der Waals surface area contributed by atoms with Gasteiger partial charge in [-0.15, -0.1) is 0 Å². The Hall–Kier alpha value is -0.480. The molecule has 0 N–H and O–H groups in total. The summed E-state index contributed by atoms with van der Waals surface area (Å²) < 4.78 is 155. The summed E-state index contributed by atoms with van der Waals surface area (Å²) in [4.78, 5) is 0. The number of rotatable bonds is 32. The summed E-state index contributed by atoms with van der Waals surface area (Å²) in [5.74, 6) is -30.1. The van der Waals surface area contributed by atoms with Crippen molar-refractivity contribution in [2.24, 2.45) is 0 Å². The second-order valence-corrected chi connectivity index (χ2v) is 19.7. The molecule has 52 heavy (non-hydrogen) atoms. The molecular weight excluding hydrogens is 734 g/mol. The molecule has 0 saturated heterocycles. The van der Waals surface area contributed by atoms with Crippen LogP contribution in [0.25, 0.3) is 0 Å². The third-order valence-electron chi connectivity index (χ3n) is 10.1. The Bertz CT molecular complexity index is 801. The van der Waals surface area contributed by atoms with E-state index in [0.29, 0.717) is 0 Å². The summed E-state index contributed by atoms with van der Waals surface area (Å²) in [6.45, 7) is 9.42. The smallest absolute Gasteiger partial charge is 0.203 e. The zero-order valence-electron chi connectivity index (χ0n) is 32.3. The van der Waals surface area contributed by atoms with Crippen LogP contribution in [-0.2, 0) is 0 Å². The van der Waals surface area contributed by atoms with E-state index in [0.717, 1.165) is 0 Å². The van der Waals surface area contributed by atoms with Crippen LogP contribution in [0.2, 0.25) is 0 Å². The Morgan fingerprint density at radius 1 is 0.327 bits per heavy atom. The molecule has 0 amide bonds. The van der Waals surface area contributed by atoms with Gasteiger partial charge in [0.1, 0.15) is 0 Å². The molecule has 0 nitrogen and oxygen atoms in total. The number of hydrogen-bond acceptors (Lipinski definition) is 0. The molecule has 0 radical (unpaired) electrons. The summed E-state index contributed by atoms with van der Waals surface area (Å²) in [6, 6.07) is 0. The van der Waals surface area contributed by atoms with Crippen molar-refractivity contribution in [2.45, 2.75) is 218 Å². The third kappa shape index (κ3) is 19.4. The monoisotopic (exact) mass is 805 g/mol. The molecule has 0 fully saturated rings. The molecule has 0 aromatic heterocycles. The summed E-state index contributed by atoms with van der Waals surface area (Å²) in [7, 11) is -1.04. The molecule has 318 valence electrons. The predicted octanol–water partition coefficient (Wildman–Crippen LogP) is 16.5. The Kier molecular flexibility index (Phi) is 28.9. The fourth-order valence-electron chi connectivity index (χ4n) is 6.59. The maximum atomic E-state index is 12.3. The van der Waals surface area contributed by atoms with Crippen molar-refractivity contribution in [3.63, 3.8) is 0 Å². The van der Waals surface area contributed by atoms with Gasteiger partial charge in [0, 0.05) is 0 Å². The average molecular weight is 805 g/mol. The van der Waals surface area contributed by atoms with Crippen LogP contribution in [0, 0.1) is 0 Å². The van der Waals surface area contributed by atoms with E-state index in [1.807, 2.05) is 0 Å². The minimum atomic E-state index is -7.78. The molecule has 0 aromatic carbocycles. The van der Waals surface area contributed by atoms with Crippen LogP contribution >= 0.6 is 7.26 Å². The predicted molar refractivity (Wildman–Crippen MR) is 193 cm³/mol. The van der Waals surface area contributed by atoms with Crippen LogP contribution in [0.15, 0.2) is 0 Å². The van der Waals surface area contributed by atoms with E-state index >= 15 is 0 Å². The molecule has 0 heterocycles. The van der Waals surface area contributed by atoms with E-state index in [1.54, 1.807) is 50.3 Å². The number of alkyl halides is 13. The normalized spacial score (nSPS) is 13.8. The average Bonchev–Trinajstić information content (AvgIpc) is 3.07. The standard InChI is InChI=1S/C32H69P.C6HF13/c1-5-9-13-17-18-19-20-21-22-23-24-28-32-33(29-25-14-10-6-2,30-26-15-11-7-3)31-27-16-12-8-4;7-1(8)2(9,10)3(11,12)4(13,14)5(15,16)6(17,18)19/h33H,5-32H2,1-4H3;1H. The zero-order valence-corrected chi connectivity index (χ0v) is 33.3. The number of unbranched alkanes of at least 4 members (excludes halogenated alkanes) is 20. The van der Waals surface area contributed by atoms with Crippen molar-refractivity contribution < 1.29 is 57.1 Å². The molecule has 0 atom stereocenters. The minimum absolute atomic E-state index is 1.04. The largest absolute Gasteiger partial charge is 0.460 e. The maximum absolute atomic E-state index is 12.3. The Balaban J connectivity index is 0. The van der Waals surface area contributed by atoms with Crippen molar-refractivity contribution >= 4 is 7.26 Å². The van der Waals surface area contributed by atoms with Gasteiger partial charge in [-0.3, -0.25) is 0 Å². The summed E-state index contributed by atoms with van der Waals surface area (Å²) in [6.07, 6.45) is 29.4. The van der Waals surface area contributed by atoms with Crippen LogP contribution in [0.4, 0.5) is 57.1 Å². The van der Waals surface area contributed by atoms with Crippen molar-refractivity contribution in [3.05, 3.63) is 0 Å². The summed E-state index contributed by atoms with van der Waals surface area (Å²) in [5, 5.41) is 0. The zero-order chi connectivity index (χ0) is 40.4. The maximum Gasteiger partial charge on any atom is 0.460 e. The van der Waals surface area contributed by atoms with Crippen LogP contribution in [0.5, 0.6) is 0 Å². The Morgan fingerprint density at radius 2 is 0.558 bits per heavy atom. The molecule has 0 saturated carbocycles. The minimum Gasteiger partial charge on any atom is -0.203 e. The van der Waals surface area contributed by atoms with Gasteiger partial charge >= 0.3 is 237 Å². The SMILES string of the molecule is CCCCCCCCCCCCCC[PH](CCCCCC)(CCCCCC)CCCCCC.FC(F)C(F)(F)C(F)(F)C(F)(F)C(F)(F)C(F)(F)F. The van der Waals surface area contributed by atoms with Crippen LogP contribution < -0.4 is 0 Å². The first-order chi connectivity index (χ1) is 24.2. The van der Waals surface area contributed by atoms with E-state index in [-0.39, 0.29) is 0 Å². The number of hydrogen-bond donors (Lipinski definition) is 0. The van der Waals surface area contributed by atoms with Gasteiger partial charge in [-0.05, 0) is 0 Å². The fourth-order valence-corrected chi connectivity index (χ4v) is 12.1. The third-order valence-corrected chi connectivity index (χ3v) is 15.7. The van der Waals surface area contributed by atoms with Crippen LogP contribution in [-0.4, -0.2) is 60.9 Å². The van der Waals surface area contributed by atoms with Crippen molar-refractivity contribution in [1.29, 1.82) is 0 Å². The topological polar surface area (TPSA) is 0 Å². The second-order valence-electron chi connectivity index (χ2n) is 14.7. The molecule has 0 rings (SSSR count). The molecule has 0 aliphatic carbocycles. The molecule has 0 unspecified atom stereocenters. The number of halogens is 13. The van der Waals surface area contributed by atoms with E-state index in [9.17, 15) is 57.1 Å². The van der Waals surface area contributed by atoms with Crippen molar-refractivity contribution in [3.8, 4) is 0 Å². The van der Waals surface area contributed by atoms with E-state index in [1.165, 1.54) is 128 Å². The molecule has 0 aromatic rings. The molecule has 0 aliphatic heterocycles. The Labute approximate surface area is 306 Å². The van der Waals surface area contributed by atoms with Crippen molar-refractivity contribution in [2.75, 3.05) is 24.6 Å². The van der Waals surface area contributed by atoms with Gasteiger partial charge in [0.25, 0.3) is 0 Å².